The predicted octanol–water partition coefficient (Wildman–Crippen LogP) is 1.76. The van der Waals surface area contributed by atoms with Gasteiger partial charge in [-0.2, -0.15) is 0 Å². The molecule has 0 saturated carbocycles. The van der Waals surface area contributed by atoms with Crippen LogP contribution in [0.1, 0.15) is 37.0 Å². The molecule has 0 radical (unpaired) electrons. The van der Waals surface area contributed by atoms with Gasteiger partial charge in [0.15, 0.2) is 0 Å². The second-order valence-electron chi connectivity index (χ2n) is 4.50. The van der Waals surface area contributed by atoms with E-state index < -0.39 is 0 Å². The molecule has 0 aromatic heterocycles. The first-order valence-corrected chi connectivity index (χ1v) is 7.06. The minimum Gasteiger partial charge on any atom is -0.384 e. The average molecular weight is 277 g/mol. The van der Waals surface area contributed by atoms with E-state index in [1.54, 1.807) is 6.07 Å². The largest absolute Gasteiger partial charge is 0.384 e. The summed E-state index contributed by atoms with van der Waals surface area (Å²) in [4.78, 5) is 23.5. The van der Waals surface area contributed by atoms with E-state index in [4.69, 9.17) is 0 Å². The SMILES string of the molecule is CCCNC(=O)CNC(=O)c1ccccc1NCCC. The van der Waals surface area contributed by atoms with Crippen LogP contribution in [0, 0.1) is 0 Å². The minimum atomic E-state index is -0.240. The molecule has 110 valence electrons. The van der Waals surface area contributed by atoms with Crippen LogP contribution in [0.25, 0.3) is 0 Å². The Morgan fingerprint density at radius 2 is 1.70 bits per heavy atom. The van der Waals surface area contributed by atoms with E-state index in [9.17, 15) is 9.59 Å². The molecule has 0 atom stereocenters. The lowest BCUT2D eigenvalue weighted by Gasteiger charge is -2.11. The number of amides is 2. The van der Waals surface area contributed by atoms with Gasteiger partial charge in [0.05, 0.1) is 12.1 Å². The summed E-state index contributed by atoms with van der Waals surface area (Å²) in [6.45, 7) is 5.48. The van der Waals surface area contributed by atoms with Gasteiger partial charge in [-0.15, -0.1) is 0 Å². The second-order valence-corrected chi connectivity index (χ2v) is 4.50. The Bertz CT molecular complexity index is 446. The van der Waals surface area contributed by atoms with Crippen molar-refractivity contribution in [1.29, 1.82) is 0 Å². The van der Waals surface area contributed by atoms with E-state index in [1.807, 2.05) is 25.1 Å². The standard InChI is InChI=1S/C15H23N3O2/c1-3-9-16-13-8-6-5-7-12(13)15(20)18-11-14(19)17-10-4-2/h5-8,16H,3-4,9-11H2,1-2H3,(H,17,19)(H,18,20). The van der Waals surface area contributed by atoms with E-state index in [-0.39, 0.29) is 18.4 Å². The minimum absolute atomic E-state index is 0.000938. The average Bonchev–Trinajstić information content (AvgIpc) is 2.48. The molecule has 3 N–H and O–H groups in total. The summed E-state index contributed by atoms with van der Waals surface area (Å²) in [5.74, 6) is -0.407. The number of para-hydroxylation sites is 1. The van der Waals surface area contributed by atoms with Crippen molar-refractivity contribution < 1.29 is 9.59 Å². The Morgan fingerprint density at radius 3 is 2.40 bits per heavy atom. The molecule has 0 aliphatic carbocycles. The molecule has 20 heavy (non-hydrogen) atoms. The Hall–Kier alpha value is -2.04. The zero-order chi connectivity index (χ0) is 14.8. The number of carbonyl (C=O) groups is 2. The highest BCUT2D eigenvalue weighted by Crippen LogP contribution is 2.14. The van der Waals surface area contributed by atoms with Crippen LogP contribution in [0.5, 0.6) is 0 Å². The van der Waals surface area contributed by atoms with Crippen molar-refractivity contribution in [2.45, 2.75) is 26.7 Å². The predicted molar refractivity (Wildman–Crippen MR) is 80.9 cm³/mol. The Balaban J connectivity index is 2.56. The molecule has 0 fully saturated rings. The van der Waals surface area contributed by atoms with Gasteiger partial charge in [0.2, 0.25) is 5.91 Å². The summed E-state index contributed by atoms with van der Waals surface area (Å²) in [5.41, 5.74) is 1.35. The van der Waals surface area contributed by atoms with Crippen LogP contribution in [-0.2, 0) is 4.79 Å². The molecule has 0 spiro atoms. The summed E-state index contributed by atoms with van der Waals surface area (Å²) in [5, 5.41) is 8.56. The monoisotopic (exact) mass is 277 g/mol. The van der Waals surface area contributed by atoms with Crippen LogP contribution in [0.2, 0.25) is 0 Å². The number of benzene rings is 1. The maximum atomic E-state index is 12.1. The van der Waals surface area contributed by atoms with Crippen molar-refractivity contribution >= 4 is 17.5 Å². The van der Waals surface area contributed by atoms with Crippen LogP contribution in [0.15, 0.2) is 24.3 Å². The van der Waals surface area contributed by atoms with Gasteiger partial charge in [-0.05, 0) is 25.0 Å². The molecule has 5 nitrogen and oxygen atoms in total. The van der Waals surface area contributed by atoms with Crippen molar-refractivity contribution in [1.82, 2.24) is 10.6 Å². The van der Waals surface area contributed by atoms with Crippen LogP contribution in [-0.4, -0.2) is 31.4 Å². The molecule has 1 rings (SSSR count). The molecule has 0 unspecified atom stereocenters. The van der Waals surface area contributed by atoms with Gasteiger partial charge >= 0.3 is 0 Å². The number of anilines is 1. The highest BCUT2D eigenvalue weighted by atomic mass is 16.2. The highest BCUT2D eigenvalue weighted by Gasteiger charge is 2.11. The lowest BCUT2D eigenvalue weighted by Crippen LogP contribution is -2.37. The summed E-state index contributed by atoms with van der Waals surface area (Å²) in [6, 6.07) is 7.30. The first-order valence-electron chi connectivity index (χ1n) is 7.06. The number of rotatable bonds is 8. The maximum absolute atomic E-state index is 12.1. The summed E-state index contributed by atoms with van der Waals surface area (Å²) in [7, 11) is 0. The number of nitrogens with one attached hydrogen (secondary N) is 3. The number of carbonyl (C=O) groups excluding carboxylic acids is 2. The summed E-state index contributed by atoms with van der Waals surface area (Å²) in [6.07, 6.45) is 1.86. The highest BCUT2D eigenvalue weighted by molar-refractivity contribution is 6.01. The number of hydrogen-bond acceptors (Lipinski definition) is 3. The van der Waals surface area contributed by atoms with Gasteiger partial charge in [0, 0.05) is 18.8 Å². The Morgan fingerprint density at radius 1 is 1.00 bits per heavy atom. The van der Waals surface area contributed by atoms with Crippen molar-refractivity contribution in [2.24, 2.45) is 0 Å². The van der Waals surface area contributed by atoms with E-state index in [0.29, 0.717) is 12.1 Å². The van der Waals surface area contributed by atoms with Gasteiger partial charge in [-0.1, -0.05) is 26.0 Å². The lowest BCUT2D eigenvalue weighted by atomic mass is 10.1. The molecule has 0 aliphatic heterocycles. The van der Waals surface area contributed by atoms with Gasteiger partial charge < -0.3 is 16.0 Å². The molecule has 1 aromatic rings. The fraction of sp³-hybridized carbons (Fsp3) is 0.467. The molecule has 0 aliphatic rings. The van der Waals surface area contributed by atoms with Gasteiger partial charge in [0.1, 0.15) is 0 Å². The molecular formula is C15H23N3O2. The first kappa shape index (κ1) is 16.0. The zero-order valence-electron chi connectivity index (χ0n) is 12.2. The van der Waals surface area contributed by atoms with Crippen LogP contribution in [0.3, 0.4) is 0 Å². The third-order valence-corrected chi connectivity index (χ3v) is 2.72. The van der Waals surface area contributed by atoms with Crippen molar-refractivity contribution in [3.05, 3.63) is 29.8 Å². The summed E-state index contributed by atoms with van der Waals surface area (Å²) < 4.78 is 0. The molecule has 1 aromatic carbocycles. The third kappa shape index (κ3) is 5.30. The van der Waals surface area contributed by atoms with E-state index in [1.165, 1.54) is 0 Å². The van der Waals surface area contributed by atoms with Crippen molar-refractivity contribution in [3.63, 3.8) is 0 Å². The fourth-order valence-corrected chi connectivity index (χ4v) is 1.68. The van der Waals surface area contributed by atoms with Crippen molar-refractivity contribution in [3.8, 4) is 0 Å². The molecule has 5 heteroatoms. The Labute approximate surface area is 120 Å². The second kappa shape index (κ2) is 8.96. The zero-order valence-corrected chi connectivity index (χ0v) is 12.2. The molecule has 0 bridgehead atoms. The number of hydrogen-bond donors (Lipinski definition) is 3. The van der Waals surface area contributed by atoms with Crippen LogP contribution in [0.4, 0.5) is 5.69 Å². The lowest BCUT2D eigenvalue weighted by molar-refractivity contribution is -0.120. The van der Waals surface area contributed by atoms with E-state index in [2.05, 4.69) is 22.9 Å². The molecule has 0 saturated heterocycles. The van der Waals surface area contributed by atoms with E-state index >= 15 is 0 Å². The quantitative estimate of drug-likeness (QED) is 0.678. The van der Waals surface area contributed by atoms with Gasteiger partial charge in [0.25, 0.3) is 5.91 Å². The molecule has 2 amide bonds. The first-order chi connectivity index (χ1) is 9.69. The Kier molecular flexibility index (Phi) is 7.17. The van der Waals surface area contributed by atoms with Gasteiger partial charge in [-0.3, -0.25) is 9.59 Å². The van der Waals surface area contributed by atoms with Crippen molar-refractivity contribution in [2.75, 3.05) is 25.0 Å². The maximum Gasteiger partial charge on any atom is 0.253 e. The van der Waals surface area contributed by atoms with Crippen LogP contribution >= 0.6 is 0 Å². The van der Waals surface area contributed by atoms with Gasteiger partial charge in [-0.25, -0.2) is 0 Å². The third-order valence-electron chi connectivity index (χ3n) is 2.72. The molecule has 0 heterocycles. The normalized spacial score (nSPS) is 9.90. The van der Waals surface area contributed by atoms with Crippen LogP contribution < -0.4 is 16.0 Å². The summed E-state index contributed by atoms with van der Waals surface area (Å²) >= 11 is 0. The fourth-order valence-electron chi connectivity index (χ4n) is 1.68. The topological polar surface area (TPSA) is 70.2 Å². The smallest absolute Gasteiger partial charge is 0.253 e. The van der Waals surface area contributed by atoms with E-state index in [0.717, 1.165) is 25.1 Å². The molecular weight excluding hydrogens is 254 g/mol.